The van der Waals surface area contributed by atoms with Crippen LogP contribution in [0.4, 0.5) is 0 Å². The van der Waals surface area contributed by atoms with Crippen molar-refractivity contribution < 1.29 is 0 Å². The van der Waals surface area contributed by atoms with Gasteiger partial charge in [-0.3, -0.25) is 0 Å². The number of nitrogen functional groups attached to an aromatic ring is 1. The highest BCUT2D eigenvalue weighted by Crippen LogP contribution is 2.08. The van der Waals surface area contributed by atoms with E-state index in [-0.39, 0.29) is 0 Å². The van der Waals surface area contributed by atoms with E-state index >= 15 is 0 Å². The fraction of sp³-hybridized carbons (Fsp3) is 0.500. The third kappa shape index (κ3) is 1.04. The van der Waals surface area contributed by atoms with Gasteiger partial charge in [-0.05, 0) is 18.5 Å². The third-order valence-corrected chi connectivity index (χ3v) is 2.21. The fourth-order valence-electron chi connectivity index (χ4n) is 0.596. The fourth-order valence-corrected chi connectivity index (χ4v) is 1.27. The zero-order valence-electron chi connectivity index (χ0n) is 5.74. The lowest BCUT2D eigenvalue weighted by Crippen LogP contribution is -2.09. The molecule has 0 aromatic carbocycles. The summed E-state index contributed by atoms with van der Waals surface area (Å²) in [6.45, 7) is 0. The number of thioether (sulfide) groups is 1. The molecule has 56 valence electrons. The van der Waals surface area contributed by atoms with Crippen molar-refractivity contribution in [3.8, 4) is 0 Å². The molecule has 10 heavy (non-hydrogen) atoms. The highest BCUT2D eigenvalue weighted by atomic mass is 32.2. The van der Waals surface area contributed by atoms with Crippen LogP contribution in [0.25, 0.3) is 0 Å². The molecule has 0 saturated carbocycles. The smallest absolute Gasteiger partial charge is 0.217 e. The second kappa shape index (κ2) is 2.63. The van der Waals surface area contributed by atoms with Crippen LogP contribution in [-0.4, -0.2) is 20.7 Å². The van der Waals surface area contributed by atoms with Crippen LogP contribution in [0.2, 0.25) is 0 Å². The van der Waals surface area contributed by atoms with Crippen LogP contribution in [-0.2, 0) is 7.05 Å². The van der Waals surface area contributed by atoms with E-state index in [1.807, 2.05) is 6.26 Å². The molecule has 0 aliphatic rings. The van der Waals surface area contributed by atoms with Gasteiger partial charge in [0.15, 0.2) is 0 Å². The molecule has 4 nitrogen and oxygen atoms in total. The molecule has 6 heteroatoms. The average Bonchev–Trinajstić information content (AvgIpc) is 2.17. The number of aryl methyl sites for hydroxylation is 1. The van der Waals surface area contributed by atoms with E-state index in [2.05, 4.69) is 5.10 Å². The molecule has 1 heterocycles. The molecule has 0 bridgehead atoms. The molecule has 1 aromatic rings. The van der Waals surface area contributed by atoms with Gasteiger partial charge in [0.1, 0.15) is 0 Å². The summed E-state index contributed by atoms with van der Waals surface area (Å²) in [5.74, 6) is 5.52. The van der Waals surface area contributed by atoms with Crippen LogP contribution in [0.15, 0.2) is 5.16 Å². The molecule has 0 spiro atoms. The van der Waals surface area contributed by atoms with Crippen molar-refractivity contribution in [2.75, 3.05) is 12.1 Å². The third-order valence-electron chi connectivity index (χ3n) is 1.11. The van der Waals surface area contributed by atoms with Crippen LogP contribution >= 0.6 is 24.0 Å². The Bertz CT molecular complexity index is 286. The molecule has 0 unspecified atom stereocenters. The van der Waals surface area contributed by atoms with Crippen molar-refractivity contribution >= 4 is 24.0 Å². The van der Waals surface area contributed by atoms with Gasteiger partial charge < -0.3 is 5.84 Å². The molecular weight excluding hydrogens is 168 g/mol. The van der Waals surface area contributed by atoms with Crippen LogP contribution < -0.4 is 5.84 Å². The molecule has 0 amide bonds. The van der Waals surface area contributed by atoms with E-state index in [0.29, 0.717) is 4.77 Å². The minimum Gasteiger partial charge on any atom is -0.335 e. The van der Waals surface area contributed by atoms with Gasteiger partial charge in [0, 0.05) is 7.05 Å². The molecule has 0 fully saturated rings. The predicted molar refractivity (Wildman–Crippen MR) is 44.0 cm³/mol. The van der Waals surface area contributed by atoms with Gasteiger partial charge in [0.2, 0.25) is 9.93 Å². The number of nitrogens with two attached hydrogens (primary N) is 1. The van der Waals surface area contributed by atoms with Crippen LogP contribution in [0, 0.1) is 4.77 Å². The van der Waals surface area contributed by atoms with Gasteiger partial charge in [-0.15, -0.1) is 5.10 Å². The summed E-state index contributed by atoms with van der Waals surface area (Å²) in [5, 5.41) is 4.77. The first kappa shape index (κ1) is 7.62. The normalized spacial score (nSPS) is 10.2. The topological polar surface area (TPSA) is 48.8 Å². The number of hydrogen-bond acceptors (Lipinski definition) is 4. The Balaban J connectivity index is 3.31. The second-order valence-electron chi connectivity index (χ2n) is 1.76. The first-order valence-electron chi connectivity index (χ1n) is 2.62. The first-order chi connectivity index (χ1) is 4.66. The van der Waals surface area contributed by atoms with E-state index < -0.39 is 0 Å². The Morgan fingerprint density at radius 2 is 2.30 bits per heavy atom. The number of nitrogens with zero attached hydrogens (tertiary/aromatic N) is 3. The predicted octanol–water partition coefficient (Wildman–Crippen LogP) is 0.387. The van der Waals surface area contributed by atoms with E-state index in [4.69, 9.17) is 18.1 Å². The van der Waals surface area contributed by atoms with Crippen molar-refractivity contribution in [1.29, 1.82) is 0 Å². The molecule has 0 aliphatic carbocycles. The van der Waals surface area contributed by atoms with Crippen molar-refractivity contribution in [2.24, 2.45) is 7.05 Å². The summed E-state index contributed by atoms with van der Waals surface area (Å²) in [6, 6.07) is 0. The maximum absolute atomic E-state index is 5.52. The summed E-state index contributed by atoms with van der Waals surface area (Å²) >= 11 is 6.38. The van der Waals surface area contributed by atoms with E-state index in [0.717, 1.165) is 5.16 Å². The Labute approximate surface area is 68.0 Å². The molecule has 1 aromatic heterocycles. The lowest BCUT2D eigenvalue weighted by molar-refractivity contribution is 0.730. The number of hydrogen-bond donors (Lipinski definition) is 1. The number of rotatable bonds is 1. The van der Waals surface area contributed by atoms with Crippen molar-refractivity contribution in [2.45, 2.75) is 5.16 Å². The van der Waals surface area contributed by atoms with Crippen LogP contribution in [0.1, 0.15) is 0 Å². The van der Waals surface area contributed by atoms with Crippen molar-refractivity contribution in [3.63, 3.8) is 0 Å². The van der Waals surface area contributed by atoms with E-state index in [9.17, 15) is 0 Å². The molecule has 0 aliphatic heterocycles. The Hall–Kier alpha value is -0.490. The quantitative estimate of drug-likeness (QED) is 0.382. The Kier molecular flexibility index (Phi) is 2.00. The lowest BCUT2D eigenvalue weighted by Gasteiger charge is -1.90. The molecule has 0 atom stereocenters. The summed E-state index contributed by atoms with van der Waals surface area (Å²) in [7, 11) is 1.77. The summed E-state index contributed by atoms with van der Waals surface area (Å²) < 4.78 is 3.49. The highest BCUT2D eigenvalue weighted by molar-refractivity contribution is 7.98. The van der Waals surface area contributed by atoms with Crippen LogP contribution in [0.5, 0.6) is 0 Å². The van der Waals surface area contributed by atoms with Gasteiger partial charge in [-0.25, -0.2) is 9.36 Å². The molecule has 0 radical (unpaired) electrons. The Morgan fingerprint density at radius 1 is 1.70 bits per heavy atom. The number of aromatic nitrogens is 3. The SMILES string of the molecule is CSc1nn(C)c(=S)n1N. The van der Waals surface area contributed by atoms with Crippen molar-refractivity contribution in [1.82, 2.24) is 14.5 Å². The molecule has 0 saturated heterocycles. The van der Waals surface area contributed by atoms with Gasteiger partial charge >= 0.3 is 0 Å². The van der Waals surface area contributed by atoms with Gasteiger partial charge in [0.05, 0.1) is 0 Å². The lowest BCUT2D eigenvalue weighted by atomic mass is 11.2. The molecule has 2 N–H and O–H groups in total. The zero-order chi connectivity index (χ0) is 7.72. The van der Waals surface area contributed by atoms with E-state index in [1.54, 1.807) is 11.7 Å². The monoisotopic (exact) mass is 176 g/mol. The summed E-state index contributed by atoms with van der Waals surface area (Å²) in [4.78, 5) is 0. The van der Waals surface area contributed by atoms with Gasteiger partial charge in [-0.1, -0.05) is 11.8 Å². The maximum atomic E-state index is 5.52. The second-order valence-corrected chi connectivity index (χ2v) is 2.90. The minimum atomic E-state index is 0.532. The van der Waals surface area contributed by atoms with Gasteiger partial charge in [0.25, 0.3) is 0 Å². The zero-order valence-corrected chi connectivity index (χ0v) is 7.37. The van der Waals surface area contributed by atoms with Gasteiger partial charge in [-0.2, -0.15) is 0 Å². The molecular formula is C4H8N4S2. The average molecular weight is 176 g/mol. The summed E-state index contributed by atoms with van der Waals surface area (Å²) in [6.07, 6.45) is 1.90. The maximum Gasteiger partial charge on any atom is 0.217 e. The largest absolute Gasteiger partial charge is 0.335 e. The highest BCUT2D eigenvalue weighted by Gasteiger charge is 2.01. The van der Waals surface area contributed by atoms with Crippen molar-refractivity contribution in [3.05, 3.63) is 4.77 Å². The molecule has 1 rings (SSSR count). The van der Waals surface area contributed by atoms with E-state index in [1.165, 1.54) is 16.4 Å². The standard InChI is InChI=1S/C4H8N4S2/c1-7-4(9)8(5)3(6-7)10-2/h5H2,1-2H3. The van der Waals surface area contributed by atoms with Crippen LogP contribution in [0.3, 0.4) is 0 Å². The first-order valence-corrected chi connectivity index (χ1v) is 4.25. The Morgan fingerprint density at radius 3 is 2.50 bits per heavy atom. The minimum absolute atomic E-state index is 0.532. The summed E-state index contributed by atoms with van der Waals surface area (Å²) in [5.41, 5.74) is 0.